The molecular formula is C18H24F3N3O2S. The number of alkyl halides is 3. The van der Waals surface area contributed by atoms with Crippen molar-refractivity contribution >= 4 is 28.7 Å². The fraction of sp³-hybridized carbons (Fsp3) is 0.556. The van der Waals surface area contributed by atoms with Gasteiger partial charge in [-0.3, -0.25) is 4.79 Å². The number of aryl methyl sites for hydroxylation is 1. The molecular weight excluding hydrogens is 379 g/mol. The van der Waals surface area contributed by atoms with E-state index in [1.54, 1.807) is 0 Å². The number of hydrogen-bond donors (Lipinski definition) is 2. The molecule has 150 valence electrons. The molecule has 0 aliphatic carbocycles. The van der Waals surface area contributed by atoms with Crippen LogP contribution in [0.2, 0.25) is 0 Å². The number of thioether (sulfide) groups is 1. The van der Waals surface area contributed by atoms with Crippen molar-refractivity contribution < 1.29 is 23.1 Å². The largest absolute Gasteiger partial charge is 0.416 e. The van der Waals surface area contributed by atoms with E-state index < -0.39 is 11.7 Å². The summed E-state index contributed by atoms with van der Waals surface area (Å²) in [5.74, 6) is -0.163. The zero-order valence-corrected chi connectivity index (χ0v) is 16.2. The number of imidazole rings is 1. The zero-order chi connectivity index (χ0) is 20.0. The third-order valence-corrected chi connectivity index (χ3v) is 5.16. The standard InChI is InChI=1S/C18H24F3N3O2S/c1-3-5-8-24-15-7-6-12(18(19,20)21)9-14(15)23-17(24)27-11-16(26)22-13(4-2)10-25/h6-7,9,13,25H,3-5,8,10-11H2,1-2H3,(H,22,26). The molecule has 1 amide bonds. The van der Waals surface area contributed by atoms with E-state index in [0.717, 1.165) is 25.0 Å². The Kier molecular flexibility index (Phi) is 7.55. The molecule has 2 aromatic rings. The summed E-state index contributed by atoms with van der Waals surface area (Å²) < 4.78 is 40.7. The monoisotopic (exact) mass is 403 g/mol. The lowest BCUT2D eigenvalue weighted by molar-refractivity contribution is -0.137. The lowest BCUT2D eigenvalue weighted by Gasteiger charge is -2.14. The number of nitrogens with zero attached hydrogens (tertiary/aromatic N) is 2. The molecule has 1 heterocycles. The van der Waals surface area contributed by atoms with Crippen molar-refractivity contribution in [2.45, 2.75) is 57.0 Å². The number of unbranched alkanes of at least 4 members (excludes halogenated alkanes) is 1. The second-order valence-corrected chi connectivity index (χ2v) is 7.19. The average Bonchev–Trinajstić information content (AvgIpc) is 2.98. The van der Waals surface area contributed by atoms with Crippen LogP contribution in [0.15, 0.2) is 23.4 Å². The first-order valence-electron chi connectivity index (χ1n) is 8.90. The molecule has 0 spiro atoms. The fourth-order valence-electron chi connectivity index (χ4n) is 2.60. The van der Waals surface area contributed by atoms with E-state index in [0.29, 0.717) is 23.6 Å². The van der Waals surface area contributed by atoms with E-state index in [1.807, 2.05) is 18.4 Å². The highest BCUT2D eigenvalue weighted by molar-refractivity contribution is 7.99. The molecule has 27 heavy (non-hydrogen) atoms. The predicted octanol–water partition coefficient (Wildman–Crippen LogP) is 3.83. The van der Waals surface area contributed by atoms with Crippen LogP contribution in [0.5, 0.6) is 0 Å². The SMILES string of the molecule is CCCCn1c(SCC(=O)NC(CC)CO)nc2cc(C(F)(F)F)ccc21. The van der Waals surface area contributed by atoms with E-state index in [2.05, 4.69) is 10.3 Å². The molecule has 2 rings (SSSR count). The number of rotatable bonds is 9. The fourth-order valence-corrected chi connectivity index (χ4v) is 3.45. The number of fused-ring (bicyclic) bond motifs is 1. The summed E-state index contributed by atoms with van der Waals surface area (Å²) in [4.78, 5) is 16.4. The maximum atomic E-state index is 13.0. The second-order valence-electron chi connectivity index (χ2n) is 6.24. The van der Waals surface area contributed by atoms with Crippen LogP contribution in [-0.2, 0) is 17.5 Å². The minimum absolute atomic E-state index is 0.0814. The van der Waals surface area contributed by atoms with Gasteiger partial charge in [0.1, 0.15) is 0 Å². The third kappa shape index (κ3) is 5.62. The van der Waals surface area contributed by atoms with Crippen molar-refractivity contribution in [1.82, 2.24) is 14.9 Å². The maximum Gasteiger partial charge on any atom is 0.416 e. The number of aliphatic hydroxyl groups excluding tert-OH is 1. The molecule has 1 aromatic carbocycles. The summed E-state index contributed by atoms with van der Waals surface area (Å²) in [5.41, 5.74) is 0.157. The third-order valence-electron chi connectivity index (χ3n) is 4.19. The Morgan fingerprint density at radius 2 is 2.11 bits per heavy atom. The maximum absolute atomic E-state index is 13.0. The molecule has 1 aromatic heterocycles. The number of aliphatic hydroxyl groups is 1. The average molecular weight is 403 g/mol. The van der Waals surface area contributed by atoms with Crippen molar-refractivity contribution in [2.24, 2.45) is 0 Å². The van der Waals surface area contributed by atoms with Gasteiger partial charge < -0.3 is 15.0 Å². The normalized spacial score (nSPS) is 13.1. The molecule has 1 atom stereocenters. The quantitative estimate of drug-likeness (QED) is 0.625. The van der Waals surface area contributed by atoms with E-state index in [1.165, 1.54) is 17.8 Å². The summed E-state index contributed by atoms with van der Waals surface area (Å²) in [6.45, 7) is 4.37. The number of aromatic nitrogens is 2. The Morgan fingerprint density at radius 3 is 2.70 bits per heavy atom. The zero-order valence-electron chi connectivity index (χ0n) is 15.3. The summed E-state index contributed by atoms with van der Waals surface area (Å²) in [7, 11) is 0. The number of amides is 1. The van der Waals surface area contributed by atoms with Crippen molar-refractivity contribution in [3.8, 4) is 0 Å². The summed E-state index contributed by atoms with van der Waals surface area (Å²) in [6, 6.07) is 3.23. The summed E-state index contributed by atoms with van der Waals surface area (Å²) in [5, 5.41) is 12.4. The molecule has 0 saturated heterocycles. The lowest BCUT2D eigenvalue weighted by atomic mass is 10.2. The number of carbonyl (C=O) groups is 1. The molecule has 0 radical (unpaired) electrons. The van der Waals surface area contributed by atoms with Gasteiger partial charge in [-0.05, 0) is 31.0 Å². The van der Waals surface area contributed by atoms with Gasteiger partial charge in [-0.1, -0.05) is 32.0 Å². The van der Waals surface area contributed by atoms with Gasteiger partial charge in [0, 0.05) is 6.54 Å². The van der Waals surface area contributed by atoms with Crippen LogP contribution >= 0.6 is 11.8 Å². The van der Waals surface area contributed by atoms with Crippen LogP contribution in [0.3, 0.4) is 0 Å². The van der Waals surface area contributed by atoms with E-state index in [-0.39, 0.29) is 29.8 Å². The molecule has 9 heteroatoms. The lowest BCUT2D eigenvalue weighted by Crippen LogP contribution is -2.38. The number of nitrogens with one attached hydrogen (secondary N) is 1. The summed E-state index contributed by atoms with van der Waals surface area (Å²) in [6.07, 6.45) is -2.02. The van der Waals surface area contributed by atoms with Crippen LogP contribution in [-0.4, -0.2) is 39.0 Å². The smallest absolute Gasteiger partial charge is 0.394 e. The molecule has 0 bridgehead atoms. The predicted molar refractivity (Wildman–Crippen MR) is 99.7 cm³/mol. The van der Waals surface area contributed by atoms with E-state index in [4.69, 9.17) is 5.11 Å². The molecule has 1 unspecified atom stereocenters. The van der Waals surface area contributed by atoms with Crippen LogP contribution in [0, 0.1) is 0 Å². The molecule has 0 saturated carbocycles. The van der Waals surface area contributed by atoms with E-state index >= 15 is 0 Å². The van der Waals surface area contributed by atoms with Gasteiger partial charge in [0.25, 0.3) is 0 Å². The number of benzene rings is 1. The molecule has 2 N–H and O–H groups in total. The first-order valence-corrected chi connectivity index (χ1v) is 9.89. The van der Waals surface area contributed by atoms with Gasteiger partial charge in [-0.25, -0.2) is 4.98 Å². The van der Waals surface area contributed by atoms with E-state index in [9.17, 15) is 18.0 Å². The van der Waals surface area contributed by atoms with Crippen LogP contribution in [0.1, 0.15) is 38.7 Å². The van der Waals surface area contributed by atoms with Crippen molar-refractivity contribution in [1.29, 1.82) is 0 Å². The summed E-state index contributed by atoms with van der Waals surface area (Å²) >= 11 is 1.18. The van der Waals surface area contributed by atoms with Gasteiger partial charge in [0.05, 0.1) is 35.0 Å². The first kappa shape index (κ1) is 21.6. The Bertz CT molecular complexity index is 773. The molecule has 0 aliphatic heterocycles. The van der Waals surface area contributed by atoms with Gasteiger partial charge in [0.2, 0.25) is 5.91 Å². The van der Waals surface area contributed by atoms with Crippen molar-refractivity contribution in [3.63, 3.8) is 0 Å². The number of hydrogen-bond acceptors (Lipinski definition) is 4. The van der Waals surface area contributed by atoms with Crippen LogP contribution < -0.4 is 5.32 Å². The Labute approximate surface area is 160 Å². The van der Waals surface area contributed by atoms with Crippen molar-refractivity contribution in [3.05, 3.63) is 23.8 Å². The number of halogens is 3. The minimum atomic E-state index is -4.42. The highest BCUT2D eigenvalue weighted by atomic mass is 32.2. The van der Waals surface area contributed by atoms with Gasteiger partial charge in [0.15, 0.2) is 5.16 Å². The van der Waals surface area contributed by atoms with Crippen LogP contribution in [0.4, 0.5) is 13.2 Å². The number of carbonyl (C=O) groups excluding carboxylic acids is 1. The topological polar surface area (TPSA) is 67.2 Å². The Balaban J connectivity index is 2.24. The highest BCUT2D eigenvalue weighted by Crippen LogP contribution is 2.33. The van der Waals surface area contributed by atoms with Gasteiger partial charge in [-0.15, -0.1) is 0 Å². The Morgan fingerprint density at radius 1 is 1.37 bits per heavy atom. The van der Waals surface area contributed by atoms with Crippen molar-refractivity contribution in [2.75, 3.05) is 12.4 Å². The molecule has 0 aliphatic rings. The molecule has 5 nitrogen and oxygen atoms in total. The second kappa shape index (κ2) is 9.45. The Hall–Kier alpha value is -1.74. The minimum Gasteiger partial charge on any atom is -0.394 e. The molecule has 0 fully saturated rings. The first-order chi connectivity index (χ1) is 12.8. The van der Waals surface area contributed by atoms with Gasteiger partial charge >= 0.3 is 6.18 Å². The van der Waals surface area contributed by atoms with Crippen LogP contribution in [0.25, 0.3) is 11.0 Å². The van der Waals surface area contributed by atoms with Gasteiger partial charge in [-0.2, -0.15) is 13.2 Å². The highest BCUT2D eigenvalue weighted by Gasteiger charge is 2.31.